The zero-order chi connectivity index (χ0) is 15.8. The highest BCUT2D eigenvalue weighted by molar-refractivity contribution is 5.91. The van der Waals surface area contributed by atoms with Gasteiger partial charge in [0.05, 0.1) is 22.0 Å². The van der Waals surface area contributed by atoms with E-state index in [1.807, 2.05) is 0 Å². The van der Waals surface area contributed by atoms with Gasteiger partial charge in [0.25, 0.3) is 5.69 Å². The highest BCUT2D eigenvalue weighted by Gasteiger charge is 2.24. The van der Waals surface area contributed by atoms with E-state index in [9.17, 15) is 10.1 Å². The summed E-state index contributed by atoms with van der Waals surface area (Å²) in [7, 11) is 0. The Morgan fingerprint density at radius 3 is 2.96 bits per heavy atom. The molecule has 0 saturated carbocycles. The SMILES string of the molecule is O=[N+]([O-])c1cc(-c2nnco2)cc2c1cnn2C1CCCCO1. The number of hydrogen-bond acceptors (Lipinski definition) is 7. The Morgan fingerprint density at radius 2 is 2.26 bits per heavy atom. The predicted molar refractivity (Wildman–Crippen MR) is 78.5 cm³/mol. The van der Waals surface area contributed by atoms with Crippen LogP contribution in [0.3, 0.4) is 0 Å². The van der Waals surface area contributed by atoms with E-state index in [0.717, 1.165) is 19.3 Å². The van der Waals surface area contributed by atoms with Gasteiger partial charge in [-0.2, -0.15) is 5.10 Å². The molecule has 1 unspecified atom stereocenters. The average molecular weight is 315 g/mol. The predicted octanol–water partition coefficient (Wildman–Crippen LogP) is 2.69. The molecule has 23 heavy (non-hydrogen) atoms. The second kappa shape index (κ2) is 5.43. The number of hydrogen-bond donors (Lipinski definition) is 0. The normalized spacial score (nSPS) is 18.3. The second-order valence-electron chi connectivity index (χ2n) is 5.34. The van der Waals surface area contributed by atoms with Gasteiger partial charge in [0.15, 0.2) is 6.23 Å². The van der Waals surface area contributed by atoms with E-state index >= 15 is 0 Å². The second-order valence-corrected chi connectivity index (χ2v) is 5.34. The Kier molecular flexibility index (Phi) is 3.27. The van der Waals surface area contributed by atoms with Crippen LogP contribution >= 0.6 is 0 Å². The fraction of sp³-hybridized carbons (Fsp3) is 0.357. The van der Waals surface area contributed by atoms with Gasteiger partial charge >= 0.3 is 0 Å². The minimum atomic E-state index is -0.435. The van der Waals surface area contributed by atoms with Crippen molar-refractivity contribution in [2.45, 2.75) is 25.5 Å². The summed E-state index contributed by atoms with van der Waals surface area (Å²) in [5, 5.41) is 23.6. The maximum absolute atomic E-state index is 11.4. The number of nitrogens with zero attached hydrogens (tertiary/aromatic N) is 5. The van der Waals surface area contributed by atoms with Crippen molar-refractivity contribution in [3.8, 4) is 11.5 Å². The van der Waals surface area contributed by atoms with Gasteiger partial charge in [-0.25, -0.2) is 4.68 Å². The molecule has 1 fully saturated rings. The fourth-order valence-corrected chi connectivity index (χ4v) is 2.85. The van der Waals surface area contributed by atoms with Crippen molar-refractivity contribution in [1.82, 2.24) is 20.0 Å². The molecule has 9 nitrogen and oxygen atoms in total. The van der Waals surface area contributed by atoms with Crippen molar-refractivity contribution >= 4 is 16.6 Å². The third-order valence-corrected chi connectivity index (χ3v) is 3.93. The molecule has 0 bridgehead atoms. The summed E-state index contributed by atoms with van der Waals surface area (Å²) in [6.45, 7) is 0.664. The van der Waals surface area contributed by atoms with Gasteiger partial charge in [-0.05, 0) is 25.3 Å². The van der Waals surface area contributed by atoms with Crippen LogP contribution in [0.4, 0.5) is 5.69 Å². The molecule has 3 aromatic rings. The molecule has 0 amide bonds. The first-order valence-electron chi connectivity index (χ1n) is 7.28. The highest BCUT2D eigenvalue weighted by atomic mass is 16.6. The van der Waals surface area contributed by atoms with Crippen LogP contribution < -0.4 is 0 Å². The third kappa shape index (κ3) is 2.34. The monoisotopic (exact) mass is 315 g/mol. The Morgan fingerprint density at radius 1 is 1.35 bits per heavy atom. The molecule has 0 aliphatic carbocycles. The smallest absolute Gasteiger partial charge is 0.281 e. The largest absolute Gasteiger partial charge is 0.423 e. The molecule has 1 saturated heterocycles. The molecule has 0 radical (unpaired) electrons. The lowest BCUT2D eigenvalue weighted by Gasteiger charge is -2.23. The van der Waals surface area contributed by atoms with E-state index in [1.165, 1.54) is 18.7 Å². The van der Waals surface area contributed by atoms with Gasteiger partial charge in [0, 0.05) is 18.2 Å². The number of benzene rings is 1. The van der Waals surface area contributed by atoms with Crippen LogP contribution in [-0.4, -0.2) is 31.5 Å². The number of aromatic nitrogens is 4. The number of non-ortho nitro benzene ring substituents is 1. The van der Waals surface area contributed by atoms with E-state index in [0.29, 0.717) is 23.1 Å². The van der Waals surface area contributed by atoms with Crippen LogP contribution in [-0.2, 0) is 4.74 Å². The Balaban J connectivity index is 1.91. The number of fused-ring (bicyclic) bond motifs is 1. The molecular weight excluding hydrogens is 302 g/mol. The van der Waals surface area contributed by atoms with Gasteiger partial charge < -0.3 is 9.15 Å². The molecule has 2 aromatic heterocycles. The molecule has 118 valence electrons. The van der Waals surface area contributed by atoms with Crippen LogP contribution in [0.2, 0.25) is 0 Å². The van der Waals surface area contributed by atoms with E-state index in [1.54, 1.807) is 10.7 Å². The first kappa shape index (κ1) is 13.8. The van der Waals surface area contributed by atoms with Crippen molar-refractivity contribution in [2.24, 2.45) is 0 Å². The zero-order valence-corrected chi connectivity index (χ0v) is 12.1. The summed E-state index contributed by atoms with van der Waals surface area (Å²) in [4.78, 5) is 11.0. The van der Waals surface area contributed by atoms with Crippen molar-refractivity contribution in [2.75, 3.05) is 6.61 Å². The lowest BCUT2D eigenvalue weighted by Crippen LogP contribution is -2.19. The van der Waals surface area contributed by atoms with Crippen molar-refractivity contribution in [1.29, 1.82) is 0 Å². The zero-order valence-electron chi connectivity index (χ0n) is 12.1. The summed E-state index contributed by atoms with van der Waals surface area (Å²) in [6, 6.07) is 3.18. The summed E-state index contributed by atoms with van der Waals surface area (Å²) in [5.74, 6) is 0.229. The van der Waals surface area contributed by atoms with Gasteiger partial charge in [0.2, 0.25) is 12.3 Å². The number of nitro groups is 1. The Hall–Kier alpha value is -2.81. The molecule has 9 heteroatoms. The molecule has 1 aliphatic rings. The molecule has 1 atom stereocenters. The third-order valence-electron chi connectivity index (χ3n) is 3.93. The van der Waals surface area contributed by atoms with Crippen LogP contribution in [0.1, 0.15) is 25.5 Å². The Bertz CT molecular complexity index is 852. The van der Waals surface area contributed by atoms with Crippen LogP contribution in [0.5, 0.6) is 0 Å². The number of nitro benzene ring substituents is 1. The van der Waals surface area contributed by atoms with Gasteiger partial charge in [-0.1, -0.05) is 0 Å². The fourth-order valence-electron chi connectivity index (χ4n) is 2.85. The molecule has 1 aromatic carbocycles. The maximum atomic E-state index is 11.4. The molecular formula is C14H13N5O4. The van der Waals surface area contributed by atoms with E-state index < -0.39 is 4.92 Å². The van der Waals surface area contributed by atoms with Crippen molar-refractivity contribution < 1.29 is 14.1 Å². The first-order chi connectivity index (χ1) is 11.2. The quantitative estimate of drug-likeness (QED) is 0.540. The summed E-state index contributed by atoms with van der Waals surface area (Å²) < 4.78 is 12.6. The van der Waals surface area contributed by atoms with Crippen LogP contribution in [0.25, 0.3) is 22.4 Å². The van der Waals surface area contributed by atoms with Crippen molar-refractivity contribution in [3.05, 3.63) is 34.8 Å². The molecule has 1 aliphatic heterocycles. The number of ether oxygens (including phenoxy) is 1. The van der Waals surface area contributed by atoms with Crippen LogP contribution in [0, 0.1) is 10.1 Å². The number of rotatable bonds is 3. The molecule has 4 rings (SSSR count). The Labute approximate surface area is 130 Å². The van der Waals surface area contributed by atoms with E-state index in [-0.39, 0.29) is 17.8 Å². The average Bonchev–Trinajstić information content (AvgIpc) is 3.24. The maximum Gasteiger partial charge on any atom is 0.281 e. The van der Waals surface area contributed by atoms with E-state index in [2.05, 4.69) is 15.3 Å². The van der Waals surface area contributed by atoms with Gasteiger partial charge in [-0.15, -0.1) is 10.2 Å². The van der Waals surface area contributed by atoms with Gasteiger partial charge in [-0.3, -0.25) is 10.1 Å². The summed E-state index contributed by atoms with van der Waals surface area (Å²) in [6.07, 6.45) is 5.37. The molecule has 3 heterocycles. The first-order valence-corrected chi connectivity index (χ1v) is 7.28. The standard InChI is InChI=1S/C14H13N5O4/c20-19(21)12-6-9(14-17-15-8-23-14)5-11-10(12)7-16-18(11)13-3-1-2-4-22-13/h5-8,13H,1-4H2. The minimum Gasteiger partial charge on any atom is -0.423 e. The minimum absolute atomic E-state index is 0.0437. The topological polar surface area (TPSA) is 109 Å². The lowest BCUT2D eigenvalue weighted by atomic mass is 10.1. The highest BCUT2D eigenvalue weighted by Crippen LogP contribution is 2.34. The molecule has 0 N–H and O–H groups in total. The lowest BCUT2D eigenvalue weighted by molar-refractivity contribution is -0.383. The van der Waals surface area contributed by atoms with E-state index in [4.69, 9.17) is 9.15 Å². The van der Waals surface area contributed by atoms with Crippen LogP contribution in [0.15, 0.2) is 29.1 Å². The van der Waals surface area contributed by atoms with Crippen molar-refractivity contribution in [3.63, 3.8) is 0 Å². The molecule has 0 spiro atoms. The summed E-state index contributed by atoms with van der Waals surface area (Å²) >= 11 is 0. The summed E-state index contributed by atoms with van der Waals surface area (Å²) in [5.41, 5.74) is 1.07. The van der Waals surface area contributed by atoms with Gasteiger partial charge in [0.1, 0.15) is 0 Å².